The van der Waals surface area contributed by atoms with Crippen LogP contribution in [0.3, 0.4) is 0 Å². The van der Waals surface area contributed by atoms with Gasteiger partial charge in [0, 0.05) is 25.0 Å². The van der Waals surface area contributed by atoms with Crippen molar-refractivity contribution in [3.8, 4) is 0 Å². The highest BCUT2D eigenvalue weighted by Crippen LogP contribution is 2.17. The smallest absolute Gasteiger partial charge is 0.220 e. The number of hydrogen-bond acceptors (Lipinski definition) is 3. The van der Waals surface area contributed by atoms with Gasteiger partial charge in [-0.2, -0.15) is 0 Å². The average Bonchev–Trinajstić information content (AvgIpc) is 3.00. The van der Waals surface area contributed by atoms with Crippen LogP contribution in [0.15, 0.2) is 0 Å². The maximum absolute atomic E-state index is 12.1. The van der Waals surface area contributed by atoms with E-state index in [-0.39, 0.29) is 5.91 Å². The molecule has 21 heavy (non-hydrogen) atoms. The van der Waals surface area contributed by atoms with E-state index >= 15 is 0 Å². The fourth-order valence-electron chi connectivity index (χ4n) is 3.64. The predicted octanol–water partition coefficient (Wildman–Crippen LogP) is 2.15. The van der Waals surface area contributed by atoms with E-state index in [4.69, 9.17) is 0 Å². The van der Waals surface area contributed by atoms with Crippen molar-refractivity contribution >= 4 is 5.91 Å². The highest BCUT2D eigenvalue weighted by Gasteiger charge is 2.25. The number of nitrogens with one attached hydrogen (secondary N) is 2. The monoisotopic (exact) mass is 295 g/mol. The molecule has 0 aromatic heterocycles. The molecule has 2 heterocycles. The minimum Gasteiger partial charge on any atom is -0.355 e. The summed E-state index contributed by atoms with van der Waals surface area (Å²) < 4.78 is 0. The summed E-state index contributed by atoms with van der Waals surface area (Å²) in [6.07, 6.45) is 8.10. The van der Waals surface area contributed by atoms with Crippen LogP contribution in [0.2, 0.25) is 0 Å². The first kappa shape index (κ1) is 16.8. The zero-order chi connectivity index (χ0) is 15.1. The van der Waals surface area contributed by atoms with Gasteiger partial charge in [-0.3, -0.25) is 9.69 Å². The number of piperidine rings is 1. The van der Waals surface area contributed by atoms with E-state index in [1.807, 2.05) is 0 Å². The van der Waals surface area contributed by atoms with Crippen LogP contribution in [-0.2, 0) is 4.79 Å². The van der Waals surface area contributed by atoms with Crippen molar-refractivity contribution in [1.29, 1.82) is 0 Å². The Morgan fingerprint density at radius 1 is 1.24 bits per heavy atom. The van der Waals surface area contributed by atoms with Crippen molar-refractivity contribution < 1.29 is 4.79 Å². The molecule has 0 aromatic carbocycles. The minimum absolute atomic E-state index is 0.229. The third-order valence-electron chi connectivity index (χ3n) is 5.02. The van der Waals surface area contributed by atoms with E-state index in [1.54, 1.807) is 0 Å². The van der Waals surface area contributed by atoms with Crippen LogP contribution < -0.4 is 10.6 Å². The molecule has 122 valence electrons. The summed E-state index contributed by atoms with van der Waals surface area (Å²) in [5.74, 6) is 0.829. The summed E-state index contributed by atoms with van der Waals surface area (Å²) in [4.78, 5) is 14.6. The van der Waals surface area contributed by atoms with Crippen molar-refractivity contribution in [2.45, 2.75) is 70.9 Å². The van der Waals surface area contributed by atoms with Crippen LogP contribution in [0.25, 0.3) is 0 Å². The second-order valence-corrected chi connectivity index (χ2v) is 7.04. The Bertz CT molecular complexity index is 307. The van der Waals surface area contributed by atoms with Gasteiger partial charge in [0.25, 0.3) is 0 Å². The van der Waals surface area contributed by atoms with Gasteiger partial charge in [-0.25, -0.2) is 0 Å². The normalized spacial score (nSPS) is 25.2. The van der Waals surface area contributed by atoms with E-state index < -0.39 is 0 Å². The Labute approximate surface area is 130 Å². The first-order valence-corrected chi connectivity index (χ1v) is 8.91. The van der Waals surface area contributed by atoms with Crippen molar-refractivity contribution in [1.82, 2.24) is 15.5 Å². The largest absolute Gasteiger partial charge is 0.355 e. The minimum atomic E-state index is 0.229. The Hall–Kier alpha value is -0.610. The standard InChI is InChI=1S/C17H33N3O/c1-14(2)16(20-11-5-6-12-20)13-19-17(21)9-8-15-7-3-4-10-18-15/h14-16,18H,3-13H2,1-2H3,(H,19,21). The maximum atomic E-state index is 12.1. The van der Waals surface area contributed by atoms with Crippen molar-refractivity contribution in [2.24, 2.45) is 5.92 Å². The van der Waals surface area contributed by atoms with E-state index in [1.165, 1.54) is 45.2 Å². The fourth-order valence-corrected chi connectivity index (χ4v) is 3.64. The van der Waals surface area contributed by atoms with Gasteiger partial charge >= 0.3 is 0 Å². The number of likely N-dealkylation sites (tertiary alicyclic amines) is 1. The summed E-state index contributed by atoms with van der Waals surface area (Å²) in [6, 6.07) is 1.06. The Morgan fingerprint density at radius 2 is 2.00 bits per heavy atom. The van der Waals surface area contributed by atoms with E-state index in [0.29, 0.717) is 24.4 Å². The summed E-state index contributed by atoms with van der Waals surface area (Å²) in [5.41, 5.74) is 0. The molecular formula is C17H33N3O. The number of hydrogen-bond donors (Lipinski definition) is 2. The van der Waals surface area contributed by atoms with Gasteiger partial charge in [-0.05, 0) is 57.7 Å². The van der Waals surface area contributed by atoms with E-state index in [0.717, 1.165) is 19.5 Å². The molecule has 2 rings (SSSR count). The summed E-state index contributed by atoms with van der Waals surface area (Å²) >= 11 is 0. The van der Waals surface area contributed by atoms with Crippen LogP contribution in [0.5, 0.6) is 0 Å². The molecule has 2 saturated heterocycles. The lowest BCUT2D eigenvalue weighted by molar-refractivity contribution is -0.121. The molecule has 2 N–H and O–H groups in total. The van der Waals surface area contributed by atoms with Gasteiger partial charge in [-0.1, -0.05) is 20.3 Å². The highest BCUT2D eigenvalue weighted by molar-refractivity contribution is 5.75. The van der Waals surface area contributed by atoms with Crippen molar-refractivity contribution in [3.63, 3.8) is 0 Å². The number of carbonyl (C=O) groups excluding carboxylic acids is 1. The molecule has 2 aliphatic rings. The molecule has 0 saturated carbocycles. The molecule has 0 aromatic rings. The second-order valence-electron chi connectivity index (χ2n) is 7.04. The third-order valence-corrected chi connectivity index (χ3v) is 5.02. The Morgan fingerprint density at radius 3 is 2.62 bits per heavy atom. The van der Waals surface area contributed by atoms with Gasteiger partial charge in [0.1, 0.15) is 0 Å². The lowest BCUT2D eigenvalue weighted by Gasteiger charge is -2.31. The van der Waals surface area contributed by atoms with Gasteiger partial charge < -0.3 is 10.6 Å². The molecule has 0 spiro atoms. The van der Waals surface area contributed by atoms with Crippen LogP contribution in [0.1, 0.15) is 58.8 Å². The van der Waals surface area contributed by atoms with Crippen molar-refractivity contribution in [2.75, 3.05) is 26.2 Å². The first-order chi connectivity index (χ1) is 10.2. The molecule has 2 aliphatic heterocycles. The van der Waals surface area contributed by atoms with E-state index in [2.05, 4.69) is 29.4 Å². The zero-order valence-corrected chi connectivity index (χ0v) is 13.9. The molecule has 2 unspecified atom stereocenters. The van der Waals surface area contributed by atoms with Crippen LogP contribution in [0, 0.1) is 5.92 Å². The molecule has 0 aliphatic carbocycles. The van der Waals surface area contributed by atoms with Crippen LogP contribution >= 0.6 is 0 Å². The molecule has 1 amide bonds. The third kappa shape index (κ3) is 5.59. The summed E-state index contributed by atoms with van der Waals surface area (Å²) in [7, 11) is 0. The van der Waals surface area contributed by atoms with Crippen LogP contribution in [-0.4, -0.2) is 49.1 Å². The fraction of sp³-hybridized carbons (Fsp3) is 0.941. The number of rotatable bonds is 7. The summed E-state index contributed by atoms with van der Waals surface area (Å²) in [5, 5.41) is 6.69. The zero-order valence-electron chi connectivity index (χ0n) is 13.9. The quantitative estimate of drug-likeness (QED) is 0.756. The lowest BCUT2D eigenvalue weighted by Crippen LogP contribution is -2.45. The molecule has 0 radical (unpaired) electrons. The topological polar surface area (TPSA) is 44.4 Å². The van der Waals surface area contributed by atoms with Gasteiger partial charge in [0.2, 0.25) is 5.91 Å². The lowest BCUT2D eigenvalue weighted by atomic mass is 10.00. The first-order valence-electron chi connectivity index (χ1n) is 8.91. The number of nitrogens with zero attached hydrogens (tertiary/aromatic N) is 1. The SMILES string of the molecule is CC(C)C(CNC(=O)CCC1CCCCN1)N1CCCC1. The number of amides is 1. The highest BCUT2D eigenvalue weighted by atomic mass is 16.1. The molecule has 2 fully saturated rings. The number of carbonyl (C=O) groups is 1. The molecule has 0 bridgehead atoms. The predicted molar refractivity (Wildman–Crippen MR) is 87.3 cm³/mol. The van der Waals surface area contributed by atoms with Crippen molar-refractivity contribution in [3.05, 3.63) is 0 Å². The molecule has 2 atom stereocenters. The Kier molecular flexibility index (Phi) is 6.97. The maximum Gasteiger partial charge on any atom is 0.220 e. The Balaban J connectivity index is 1.66. The summed E-state index contributed by atoms with van der Waals surface area (Å²) in [6.45, 7) is 8.86. The average molecular weight is 295 g/mol. The molecular weight excluding hydrogens is 262 g/mol. The van der Waals surface area contributed by atoms with Gasteiger partial charge in [0.15, 0.2) is 0 Å². The van der Waals surface area contributed by atoms with Gasteiger partial charge in [-0.15, -0.1) is 0 Å². The second kappa shape index (κ2) is 8.74. The van der Waals surface area contributed by atoms with Gasteiger partial charge in [0.05, 0.1) is 0 Å². The van der Waals surface area contributed by atoms with E-state index in [9.17, 15) is 4.79 Å². The molecule has 4 heteroatoms. The van der Waals surface area contributed by atoms with Crippen LogP contribution in [0.4, 0.5) is 0 Å². The molecule has 4 nitrogen and oxygen atoms in total.